The van der Waals surface area contributed by atoms with E-state index >= 15 is 0 Å². The topological polar surface area (TPSA) is 90.7 Å². The fourth-order valence-corrected chi connectivity index (χ4v) is 4.92. The Morgan fingerprint density at radius 3 is 2.70 bits per heavy atom. The zero-order chi connectivity index (χ0) is 19.0. The molecule has 0 saturated heterocycles. The molecule has 1 aliphatic rings. The highest BCUT2D eigenvalue weighted by Crippen LogP contribution is 2.41. The Hall–Kier alpha value is -2.52. The average Bonchev–Trinajstić information content (AvgIpc) is 3.18. The summed E-state index contributed by atoms with van der Waals surface area (Å²) in [7, 11) is -0.795. The minimum absolute atomic E-state index is 0.173. The smallest absolute Gasteiger partial charge is 0.271 e. The van der Waals surface area contributed by atoms with Crippen LogP contribution in [0.15, 0.2) is 45.2 Å². The Morgan fingerprint density at radius 1 is 1.19 bits per heavy atom. The zero-order valence-electron chi connectivity index (χ0n) is 14.8. The molecule has 1 N–H and O–H groups in total. The molecule has 0 aliphatic heterocycles. The minimum Gasteiger partial charge on any atom is -0.497 e. The Morgan fingerprint density at radius 2 is 2.00 bits per heavy atom. The zero-order valence-corrected chi connectivity index (χ0v) is 16.4. The lowest BCUT2D eigenvalue weighted by Gasteiger charge is -2.12. The van der Waals surface area contributed by atoms with Crippen molar-refractivity contribution < 1.29 is 22.3 Å². The highest BCUT2D eigenvalue weighted by molar-refractivity contribution is 7.94. The van der Waals surface area contributed by atoms with Gasteiger partial charge in [-0.15, -0.1) is 11.3 Å². The van der Waals surface area contributed by atoms with E-state index in [4.69, 9.17) is 13.9 Å². The maximum atomic E-state index is 12.8. The molecule has 1 aliphatic carbocycles. The van der Waals surface area contributed by atoms with Gasteiger partial charge in [0.25, 0.3) is 10.0 Å². The summed E-state index contributed by atoms with van der Waals surface area (Å²) < 4.78 is 44.5. The number of benzene rings is 1. The Balaban J connectivity index is 1.60. The predicted octanol–water partition coefficient (Wildman–Crippen LogP) is 4.10. The van der Waals surface area contributed by atoms with Crippen LogP contribution in [0, 0.1) is 0 Å². The molecule has 0 radical (unpaired) electrons. The highest BCUT2D eigenvalue weighted by Gasteiger charge is 2.29. The van der Waals surface area contributed by atoms with E-state index in [1.807, 2.05) is 0 Å². The van der Waals surface area contributed by atoms with Gasteiger partial charge in [-0.1, -0.05) is 0 Å². The molecule has 0 atom stereocenters. The van der Waals surface area contributed by atoms with Crippen molar-refractivity contribution in [2.75, 3.05) is 18.9 Å². The number of thiophene rings is 1. The second kappa shape index (κ2) is 6.90. The van der Waals surface area contributed by atoms with Crippen LogP contribution in [0.3, 0.4) is 0 Å². The summed E-state index contributed by atoms with van der Waals surface area (Å²) in [6, 6.07) is 8.18. The molecule has 0 amide bonds. The summed E-state index contributed by atoms with van der Waals surface area (Å²) in [5, 5.41) is 0. The molecule has 2 aromatic heterocycles. The summed E-state index contributed by atoms with van der Waals surface area (Å²) in [6.45, 7) is 0. The van der Waals surface area contributed by atoms with E-state index in [0.717, 1.165) is 30.1 Å². The maximum absolute atomic E-state index is 12.8. The van der Waals surface area contributed by atoms with Crippen molar-refractivity contribution in [3.8, 4) is 22.1 Å². The third-order valence-corrected chi connectivity index (χ3v) is 7.15. The van der Waals surface area contributed by atoms with E-state index in [0.29, 0.717) is 33.7 Å². The molecule has 9 heteroatoms. The van der Waals surface area contributed by atoms with Crippen LogP contribution in [0.25, 0.3) is 10.6 Å². The molecular formula is C18H18N2O5S2. The van der Waals surface area contributed by atoms with Crippen LogP contribution in [0.5, 0.6) is 11.5 Å². The molecule has 4 rings (SSSR count). The number of nitrogens with zero attached hydrogens (tertiary/aromatic N) is 1. The molecule has 3 aromatic rings. The molecule has 2 heterocycles. The van der Waals surface area contributed by atoms with E-state index in [9.17, 15) is 8.42 Å². The number of hydrogen-bond donors (Lipinski definition) is 1. The molecular weight excluding hydrogens is 388 g/mol. The number of aromatic nitrogens is 1. The van der Waals surface area contributed by atoms with Gasteiger partial charge >= 0.3 is 0 Å². The van der Waals surface area contributed by atoms with Gasteiger partial charge < -0.3 is 13.9 Å². The molecule has 1 aromatic carbocycles. The largest absolute Gasteiger partial charge is 0.497 e. The highest BCUT2D eigenvalue weighted by atomic mass is 32.2. The molecule has 1 saturated carbocycles. The molecule has 1 fully saturated rings. The first-order chi connectivity index (χ1) is 13.0. The number of anilines is 1. The number of nitrogens with one attached hydrogen (secondary N) is 1. The first kappa shape index (κ1) is 17.9. The molecule has 0 spiro atoms. The van der Waals surface area contributed by atoms with Gasteiger partial charge in [0.05, 0.1) is 31.0 Å². The van der Waals surface area contributed by atoms with Gasteiger partial charge in [0.15, 0.2) is 11.7 Å². The fraction of sp³-hybridized carbons (Fsp3) is 0.278. The second-order valence-electron chi connectivity index (χ2n) is 6.13. The summed E-state index contributed by atoms with van der Waals surface area (Å²) in [4.78, 5) is 5.00. The van der Waals surface area contributed by atoms with Crippen molar-refractivity contribution in [3.05, 3.63) is 42.4 Å². The van der Waals surface area contributed by atoms with Crippen molar-refractivity contribution in [3.63, 3.8) is 0 Å². The molecule has 0 unspecified atom stereocenters. The average molecular weight is 406 g/mol. The number of sulfonamides is 1. The number of oxazole rings is 1. The van der Waals surface area contributed by atoms with Crippen LogP contribution >= 0.6 is 11.3 Å². The van der Waals surface area contributed by atoms with E-state index in [1.165, 1.54) is 14.2 Å². The van der Waals surface area contributed by atoms with Crippen molar-refractivity contribution in [1.29, 1.82) is 0 Å². The minimum atomic E-state index is -3.78. The van der Waals surface area contributed by atoms with Crippen LogP contribution in [0.4, 0.5) is 5.69 Å². The quantitative estimate of drug-likeness (QED) is 0.635. The fourth-order valence-electron chi connectivity index (χ4n) is 2.61. The maximum Gasteiger partial charge on any atom is 0.271 e. The van der Waals surface area contributed by atoms with Crippen LogP contribution in [0.1, 0.15) is 24.7 Å². The molecule has 7 nitrogen and oxygen atoms in total. The second-order valence-corrected chi connectivity index (χ2v) is 9.12. The van der Waals surface area contributed by atoms with Gasteiger partial charge in [-0.3, -0.25) is 4.72 Å². The Labute approximate surface area is 161 Å². The SMILES string of the molecule is COc1ccc(OC)c(NS(=O)(=O)c2ccc(-c3cnc(C4CC4)o3)s2)c1. The summed E-state index contributed by atoms with van der Waals surface area (Å²) in [5.41, 5.74) is 0.308. The number of hydrogen-bond acceptors (Lipinski definition) is 7. The lowest BCUT2D eigenvalue weighted by Crippen LogP contribution is -2.12. The third kappa shape index (κ3) is 3.65. The van der Waals surface area contributed by atoms with Crippen molar-refractivity contribution in [1.82, 2.24) is 4.98 Å². The van der Waals surface area contributed by atoms with Crippen LogP contribution in [-0.4, -0.2) is 27.6 Å². The van der Waals surface area contributed by atoms with Gasteiger partial charge in [-0.2, -0.15) is 0 Å². The number of ether oxygens (including phenoxy) is 2. The Kier molecular flexibility index (Phi) is 4.56. The lowest BCUT2D eigenvalue weighted by molar-refractivity contribution is 0.405. The van der Waals surface area contributed by atoms with Gasteiger partial charge in [-0.25, -0.2) is 13.4 Å². The van der Waals surface area contributed by atoms with Gasteiger partial charge in [0.2, 0.25) is 0 Å². The van der Waals surface area contributed by atoms with Crippen molar-refractivity contribution >= 4 is 27.0 Å². The summed E-state index contributed by atoms with van der Waals surface area (Å²) >= 11 is 1.12. The normalized spacial score (nSPS) is 14.1. The van der Waals surface area contributed by atoms with Gasteiger partial charge in [-0.05, 0) is 37.1 Å². The molecule has 27 heavy (non-hydrogen) atoms. The lowest BCUT2D eigenvalue weighted by atomic mass is 10.3. The van der Waals surface area contributed by atoms with Gasteiger partial charge in [0, 0.05) is 12.0 Å². The Bertz CT molecular complexity index is 1070. The van der Waals surface area contributed by atoms with E-state index in [2.05, 4.69) is 9.71 Å². The van der Waals surface area contributed by atoms with Crippen LogP contribution in [-0.2, 0) is 10.0 Å². The molecule has 0 bridgehead atoms. The number of methoxy groups -OCH3 is 2. The van der Waals surface area contributed by atoms with Crippen LogP contribution < -0.4 is 14.2 Å². The standard InChI is InChI=1S/C18H18N2O5S2/c1-23-12-5-6-14(24-2)13(9-12)20-27(21,22)17-8-7-16(26-17)15-10-19-18(25-15)11-3-4-11/h5-11,20H,3-4H2,1-2H3. The van der Waals surface area contributed by atoms with Gasteiger partial charge in [0.1, 0.15) is 15.7 Å². The summed E-state index contributed by atoms with van der Waals surface area (Å²) in [6.07, 6.45) is 3.83. The van der Waals surface area contributed by atoms with Crippen molar-refractivity contribution in [2.45, 2.75) is 23.0 Å². The predicted molar refractivity (Wildman–Crippen MR) is 102 cm³/mol. The van der Waals surface area contributed by atoms with Crippen molar-refractivity contribution in [2.24, 2.45) is 0 Å². The van der Waals surface area contributed by atoms with E-state index < -0.39 is 10.0 Å². The summed E-state index contributed by atoms with van der Waals surface area (Å²) in [5.74, 6) is 2.64. The van der Waals surface area contributed by atoms with E-state index in [1.54, 1.807) is 36.5 Å². The first-order valence-electron chi connectivity index (χ1n) is 8.31. The monoisotopic (exact) mass is 406 g/mol. The number of rotatable bonds is 7. The van der Waals surface area contributed by atoms with Crippen LogP contribution in [0.2, 0.25) is 0 Å². The molecule has 142 valence electrons. The van der Waals surface area contributed by atoms with E-state index in [-0.39, 0.29) is 4.21 Å². The first-order valence-corrected chi connectivity index (χ1v) is 10.6. The third-order valence-electron chi connectivity index (χ3n) is 4.19.